The largest absolute Gasteiger partial charge is 0.272 e. The summed E-state index contributed by atoms with van der Waals surface area (Å²) in [7, 11) is 0. The fraction of sp³-hybridized carbons (Fsp3) is 0.250. The van der Waals surface area contributed by atoms with Gasteiger partial charge in [-0.15, -0.1) is 0 Å². The number of nitrogens with one attached hydrogen (secondary N) is 1. The highest BCUT2D eigenvalue weighted by atomic mass is 16.7. The maximum absolute atomic E-state index is 8.07. The summed E-state index contributed by atoms with van der Waals surface area (Å²) in [5.74, 6) is 0. The first-order valence-corrected chi connectivity index (χ1v) is 1.82. The van der Waals surface area contributed by atoms with Gasteiger partial charge in [0.2, 0.25) is 0 Å². The second-order valence-electron chi connectivity index (χ2n) is 1.06. The molecule has 0 amide bonds. The molecule has 1 N–H and O–H groups in total. The van der Waals surface area contributed by atoms with E-state index in [1.807, 2.05) is 6.07 Å². The summed E-state index contributed by atoms with van der Waals surface area (Å²) in [6.45, 7) is 0. The molecule has 0 aromatic rings. The molecule has 1 unspecified atom stereocenters. The number of nitriles is 1. The Hall–Kier alpha value is -1.01. The Morgan fingerprint density at radius 3 is 3.14 bits per heavy atom. The summed E-state index contributed by atoms with van der Waals surface area (Å²) in [5.41, 5.74) is 2.36. The Morgan fingerprint density at radius 1 is 2.00 bits per heavy atom. The summed E-state index contributed by atoms with van der Waals surface area (Å²) in [6.07, 6.45) is 3.54. The van der Waals surface area contributed by atoms with Crippen LogP contribution in [0.5, 0.6) is 0 Å². The summed E-state index contributed by atoms with van der Waals surface area (Å²) in [5, 5.41) is 8.07. The van der Waals surface area contributed by atoms with E-state index in [2.05, 4.69) is 16.4 Å². The van der Waals surface area contributed by atoms with E-state index in [1.54, 1.807) is 0 Å². The molecule has 1 aliphatic heterocycles. The highest BCUT2D eigenvalue weighted by molar-refractivity contribution is 4.97. The SMILES string of the molecule is N#CC1[C]=CNO1. The molecule has 1 heterocycles. The van der Waals surface area contributed by atoms with E-state index in [1.165, 1.54) is 6.20 Å². The second kappa shape index (κ2) is 1.63. The Bertz CT molecular complexity index is 124. The first kappa shape index (κ1) is 4.16. The minimum Gasteiger partial charge on any atom is -0.272 e. The molecule has 0 aliphatic carbocycles. The van der Waals surface area contributed by atoms with E-state index in [4.69, 9.17) is 5.26 Å². The van der Waals surface area contributed by atoms with Crippen LogP contribution in [0.15, 0.2) is 6.20 Å². The molecule has 0 aromatic heterocycles. The van der Waals surface area contributed by atoms with E-state index < -0.39 is 6.10 Å². The van der Waals surface area contributed by atoms with Crippen molar-refractivity contribution in [2.75, 3.05) is 0 Å². The molecule has 35 valence electrons. The molecule has 3 nitrogen and oxygen atoms in total. The molecular formula is C4H3N2O. The third kappa shape index (κ3) is 0.699. The first-order chi connectivity index (χ1) is 3.43. The molecule has 0 spiro atoms. The fourth-order valence-electron chi connectivity index (χ4n) is 0.309. The van der Waals surface area contributed by atoms with Gasteiger partial charge in [-0.25, -0.2) is 0 Å². The number of hydrogen-bond donors (Lipinski definition) is 1. The molecule has 0 saturated heterocycles. The van der Waals surface area contributed by atoms with Crippen LogP contribution in [0.4, 0.5) is 0 Å². The highest BCUT2D eigenvalue weighted by Crippen LogP contribution is 1.92. The van der Waals surface area contributed by atoms with Crippen LogP contribution in [0.2, 0.25) is 0 Å². The number of nitrogens with zero attached hydrogens (tertiary/aromatic N) is 1. The average molecular weight is 95.1 g/mol. The van der Waals surface area contributed by atoms with E-state index >= 15 is 0 Å². The first-order valence-electron chi connectivity index (χ1n) is 1.82. The minimum absolute atomic E-state index is 0.514. The molecule has 0 fully saturated rings. The van der Waals surface area contributed by atoms with Crippen molar-refractivity contribution >= 4 is 0 Å². The summed E-state index contributed by atoms with van der Waals surface area (Å²) in [4.78, 5) is 4.52. The van der Waals surface area contributed by atoms with Crippen molar-refractivity contribution in [3.05, 3.63) is 12.3 Å². The number of hydrogen-bond acceptors (Lipinski definition) is 3. The molecular weight excluding hydrogens is 92.1 g/mol. The normalized spacial score (nSPS) is 26.4. The molecule has 0 aromatic carbocycles. The van der Waals surface area contributed by atoms with Gasteiger partial charge in [0.15, 0.2) is 6.10 Å². The van der Waals surface area contributed by atoms with Crippen LogP contribution >= 0.6 is 0 Å². The lowest BCUT2D eigenvalue weighted by Gasteiger charge is -1.90. The quantitative estimate of drug-likeness (QED) is 0.450. The molecule has 1 aliphatic rings. The van der Waals surface area contributed by atoms with Gasteiger partial charge in [0, 0.05) is 12.3 Å². The highest BCUT2D eigenvalue weighted by Gasteiger charge is 2.05. The molecule has 3 heteroatoms. The van der Waals surface area contributed by atoms with Gasteiger partial charge in [0.05, 0.1) is 0 Å². The van der Waals surface area contributed by atoms with Crippen molar-refractivity contribution in [2.45, 2.75) is 6.10 Å². The lowest BCUT2D eigenvalue weighted by Crippen LogP contribution is -2.07. The molecule has 1 radical (unpaired) electrons. The summed E-state index contributed by atoms with van der Waals surface area (Å²) < 4.78 is 0. The maximum Gasteiger partial charge on any atom is 0.198 e. The molecule has 7 heavy (non-hydrogen) atoms. The summed E-state index contributed by atoms with van der Waals surface area (Å²) in [6, 6.07) is 1.84. The van der Waals surface area contributed by atoms with Crippen LogP contribution in [-0.2, 0) is 4.84 Å². The van der Waals surface area contributed by atoms with Crippen LogP contribution < -0.4 is 5.48 Å². The standard InChI is InChI=1S/C4H3N2O/c5-3-4-1-2-6-7-4/h2,4,6H. The van der Waals surface area contributed by atoms with E-state index in [-0.39, 0.29) is 0 Å². The van der Waals surface area contributed by atoms with Crippen LogP contribution in [0, 0.1) is 17.4 Å². The second-order valence-corrected chi connectivity index (χ2v) is 1.06. The predicted octanol–water partition coefficient (Wildman–Crippen LogP) is -0.270. The van der Waals surface area contributed by atoms with Crippen LogP contribution in [0.1, 0.15) is 0 Å². The van der Waals surface area contributed by atoms with Gasteiger partial charge < -0.3 is 0 Å². The smallest absolute Gasteiger partial charge is 0.198 e. The maximum atomic E-state index is 8.07. The van der Waals surface area contributed by atoms with E-state index in [0.717, 1.165) is 0 Å². The predicted molar refractivity (Wildman–Crippen MR) is 21.4 cm³/mol. The average Bonchev–Trinajstić information content (AvgIpc) is 2.14. The van der Waals surface area contributed by atoms with Crippen molar-refractivity contribution in [3.63, 3.8) is 0 Å². The van der Waals surface area contributed by atoms with Gasteiger partial charge in [0.1, 0.15) is 6.07 Å². The Morgan fingerprint density at radius 2 is 2.86 bits per heavy atom. The lowest BCUT2D eigenvalue weighted by molar-refractivity contribution is 0.0755. The van der Waals surface area contributed by atoms with Gasteiger partial charge >= 0.3 is 0 Å². The third-order valence-electron chi connectivity index (χ3n) is 0.597. The minimum atomic E-state index is -0.514. The van der Waals surface area contributed by atoms with Gasteiger partial charge in [-0.05, 0) is 0 Å². The van der Waals surface area contributed by atoms with Crippen LogP contribution in [0.25, 0.3) is 0 Å². The summed E-state index contributed by atoms with van der Waals surface area (Å²) >= 11 is 0. The topological polar surface area (TPSA) is 45.0 Å². The van der Waals surface area contributed by atoms with E-state index in [9.17, 15) is 0 Å². The fourth-order valence-corrected chi connectivity index (χ4v) is 0.309. The molecule has 0 bridgehead atoms. The monoisotopic (exact) mass is 95.0 g/mol. The zero-order valence-electron chi connectivity index (χ0n) is 3.51. The van der Waals surface area contributed by atoms with Crippen molar-refractivity contribution in [3.8, 4) is 6.07 Å². The van der Waals surface area contributed by atoms with Gasteiger partial charge in [-0.3, -0.25) is 10.3 Å². The van der Waals surface area contributed by atoms with Gasteiger partial charge in [-0.2, -0.15) is 5.26 Å². The van der Waals surface area contributed by atoms with Crippen molar-refractivity contribution < 1.29 is 4.84 Å². The van der Waals surface area contributed by atoms with Gasteiger partial charge in [-0.1, -0.05) is 0 Å². The molecule has 0 saturated carbocycles. The van der Waals surface area contributed by atoms with E-state index in [0.29, 0.717) is 0 Å². The van der Waals surface area contributed by atoms with Crippen LogP contribution in [-0.4, -0.2) is 6.10 Å². The number of hydroxylamine groups is 1. The Labute approximate surface area is 41.1 Å². The molecule has 1 rings (SSSR count). The Balaban J connectivity index is 2.47. The van der Waals surface area contributed by atoms with Gasteiger partial charge in [0.25, 0.3) is 0 Å². The van der Waals surface area contributed by atoms with Crippen molar-refractivity contribution in [1.29, 1.82) is 5.26 Å². The third-order valence-corrected chi connectivity index (χ3v) is 0.597. The van der Waals surface area contributed by atoms with Crippen LogP contribution in [0.3, 0.4) is 0 Å². The zero-order chi connectivity index (χ0) is 5.11. The number of rotatable bonds is 0. The van der Waals surface area contributed by atoms with Crippen molar-refractivity contribution in [2.24, 2.45) is 0 Å². The lowest BCUT2D eigenvalue weighted by atomic mass is 10.4. The Kier molecular flexibility index (Phi) is 0.966. The zero-order valence-corrected chi connectivity index (χ0v) is 3.51. The van der Waals surface area contributed by atoms with Crippen molar-refractivity contribution in [1.82, 2.24) is 5.48 Å². The molecule has 1 atom stereocenters.